The Morgan fingerprint density at radius 2 is 1.94 bits per heavy atom. The molecule has 160 valence electrons. The smallest absolute Gasteiger partial charge is 0.162 e. The zero-order chi connectivity index (χ0) is 21.2. The van der Waals surface area contributed by atoms with Gasteiger partial charge in [0.1, 0.15) is 11.6 Å². The predicted molar refractivity (Wildman–Crippen MR) is 128 cm³/mol. The molecule has 0 radical (unpaired) electrons. The quantitative estimate of drug-likeness (QED) is 0.521. The fourth-order valence-corrected chi connectivity index (χ4v) is 4.21. The van der Waals surface area contributed by atoms with Crippen LogP contribution in [-0.2, 0) is 6.42 Å². The molecule has 1 aliphatic heterocycles. The van der Waals surface area contributed by atoms with E-state index in [0.717, 1.165) is 53.9 Å². The average molecular weight is 415 g/mol. The zero-order valence-corrected chi connectivity index (χ0v) is 18.2. The third-order valence-corrected chi connectivity index (χ3v) is 6.09. The summed E-state index contributed by atoms with van der Waals surface area (Å²) in [6.45, 7) is 8.23. The van der Waals surface area contributed by atoms with Gasteiger partial charge >= 0.3 is 0 Å². The largest absolute Gasteiger partial charge is 0.356 e. The van der Waals surface area contributed by atoms with Gasteiger partial charge in [-0.25, -0.2) is 4.98 Å². The van der Waals surface area contributed by atoms with Crippen LogP contribution >= 0.6 is 0 Å². The molecule has 2 N–H and O–H groups in total. The maximum absolute atomic E-state index is 4.98. The second-order valence-electron chi connectivity index (χ2n) is 8.36. The molecule has 1 aliphatic carbocycles. The molecule has 1 saturated carbocycles. The topological polar surface area (TPSA) is 57.5 Å². The Hall–Kier alpha value is -3.28. The molecule has 2 aliphatic rings. The lowest BCUT2D eigenvalue weighted by atomic mass is 10.1. The highest BCUT2D eigenvalue weighted by Gasteiger charge is 2.18. The fraction of sp³-hybridized carbons (Fsp3) is 0.360. The lowest BCUT2D eigenvalue weighted by Crippen LogP contribution is -2.30. The molecule has 0 amide bonds. The molecule has 0 spiro atoms. The lowest BCUT2D eigenvalue weighted by Gasteiger charge is -2.28. The third-order valence-electron chi connectivity index (χ3n) is 6.09. The van der Waals surface area contributed by atoms with E-state index in [1.807, 2.05) is 16.8 Å². The summed E-state index contributed by atoms with van der Waals surface area (Å²) in [4.78, 5) is 7.38. The van der Waals surface area contributed by atoms with Gasteiger partial charge in [0.2, 0.25) is 0 Å². The molecule has 31 heavy (non-hydrogen) atoms. The number of nitrogens with one attached hydrogen (secondary N) is 2. The molecule has 3 aromatic rings. The van der Waals surface area contributed by atoms with Crippen LogP contribution in [0.4, 0.5) is 23.0 Å². The summed E-state index contributed by atoms with van der Waals surface area (Å²) in [7, 11) is 0. The minimum absolute atomic E-state index is 0.914. The minimum Gasteiger partial charge on any atom is -0.356 e. The number of allylic oxidation sites excluding steroid dienone is 2. The first-order valence-corrected chi connectivity index (χ1v) is 11.4. The van der Waals surface area contributed by atoms with E-state index in [9.17, 15) is 0 Å². The summed E-state index contributed by atoms with van der Waals surface area (Å²) in [6.07, 6.45) is 10.9. The molecule has 6 nitrogen and oxygen atoms in total. The molecule has 2 fully saturated rings. The summed E-state index contributed by atoms with van der Waals surface area (Å²) in [5, 5.41) is 11.7. The lowest BCUT2D eigenvalue weighted by molar-refractivity contribution is 0.573. The number of fused-ring (bicyclic) bond motifs is 1. The SMILES string of the molecule is C=CC(Nc1cccc(Nc2cc(N3CCCCC3)nc3c(CC)cnn23)c1)=C1CC1. The highest BCUT2D eigenvalue weighted by Crippen LogP contribution is 2.33. The van der Waals surface area contributed by atoms with Crippen molar-refractivity contribution in [2.45, 2.75) is 45.4 Å². The molecular formula is C25H30N6. The molecule has 3 heterocycles. The van der Waals surface area contributed by atoms with Crippen molar-refractivity contribution in [1.82, 2.24) is 14.6 Å². The van der Waals surface area contributed by atoms with E-state index in [2.05, 4.69) is 64.5 Å². The summed E-state index contributed by atoms with van der Waals surface area (Å²) >= 11 is 0. The Bertz CT molecular complexity index is 1130. The Kier molecular flexibility index (Phi) is 5.37. The van der Waals surface area contributed by atoms with Crippen molar-refractivity contribution in [3.05, 3.63) is 66.0 Å². The van der Waals surface area contributed by atoms with Gasteiger partial charge < -0.3 is 15.5 Å². The van der Waals surface area contributed by atoms with Crippen molar-refractivity contribution in [2.75, 3.05) is 28.6 Å². The molecule has 0 unspecified atom stereocenters. The van der Waals surface area contributed by atoms with E-state index in [1.165, 1.54) is 43.2 Å². The highest BCUT2D eigenvalue weighted by molar-refractivity contribution is 5.69. The van der Waals surface area contributed by atoms with E-state index >= 15 is 0 Å². The average Bonchev–Trinajstić information content (AvgIpc) is 3.57. The van der Waals surface area contributed by atoms with E-state index in [-0.39, 0.29) is 0 Å². The number of piperidine rings is 1. The first kappa shape index (κ1) is 19.7. The molecule has 0 atom stereocenters. The van der Waals surface area contributed by atoms with Crippen LogP contribution in [0.15, 0.2) is 60.5 Å². The Labute approximate surface area is 183 Å². The summed E-state index contributed by atoms with van der Waals surface area (Å²) in [5.41, 5.74) is 6.75. The summed E-state index contributed by atoms with van der Waals surface area (Å²) < 4.78 is 1.92. The second kappa shape index (κ2) is 8.46. The van der Waals surface area contributed by atoms with Crippen molar-refractivity contribution in [3.8, 4) is 0 Å². The molecule has 2 aromatic heterocycles. The van der Waals surface area contributed by atoms with Gasteiger partial charge in [-0.1, -0.05) is 19.6 Å². The fourth-order valence-electron chi connectivity index (χ4n) is 4.21. The first-order chi connectivity index (χ1) is 15.2. The van der Waals surface area contributed by atoms with Crippen LogP contribution in [0, 0.1) is 0 Å². The third kappa shape index (κ3) is 4.15. The predicted octanol–water partition coefficient (Wildman–Crippen LogP) is 5.67. The van der Waals surface area contributed by atoms with Gasteiger partial charge in [-0.3, -0.25) is 0 Å². The molecule has 1 aromatic carbocycles. The van der Waals surface area contributed by atoms with Crippen LogP contribution in [0.3, 0.4) is 0 Å². The standard InChI is InChI=1S/C25H30N6/c1-3-18-17-26-31-24(16-23(29-25(18)31)30-13-6-5-7-14-30)28-21-10-8-9-20(15-21)27-22(4-2)19-11-12-19/h4,8-10,15-17,27-28H,2-3,5-7,11-14H2,1H3. The highest BCUT2D eigenvalue weighted by atomic mass is 15.3. The van der Waals surface area contributed by atoms with Crippen LogP contribution in [0.2, 0.25) is 0 Å². The van der Waals surface area contributed by atoms with Gasteiger partial charge in [-0.05, 0) is 68.4 Å². The second-order valence-corrected chi connectivity index (χ2v) is 8.36. The molecular weight excluding hydrogens is 384 g/mol. The van der Waals surface area contributed by atoms with E-state index < -0.39 is 0 Å². The van der Waals surface area contributed by atoms with Gasteiger partial charge in [0.15, 0.2) is 5.65 Å². The van der Waals surface area contributed by atoms with Gasteiger partial charge in [0.25, 0.3) is 0 Å². The number of benzene rings is 1. The van der Waals surface area contributed by atoms with Gasteiger partial charge in [0, 0.05) is 41.8 Å². The Morgan fingerprint density at radius 1 is 1.13 bits per heavy atom. The van der Waals surface area contributed by atoms with Crippen molar-refractivity contribution in [1.29, 1.82) is 0 Å². The van der Waals surface area contributed by atoms with Crippen LogP contribution in [-0.4, -0.2) is 27.7 Å². The first-order valence-electron chi connectivity index (χ1n) is 11.4. The number of aromatic nitrogens is 3. The minimum atomic E-state index is 0.914. The van der Waals surface area contributed by atoms with Crippen molar-refractivity contribution in [3.63, 3.8) is 0 Å². The van der Waals surface area contributed by atoms with E-state index in [4.69, 9.17) is 4.98 Å². The van der Waals surface area contributed by atoms with Crippen LogP contribution in [0.1, 0.15) is 44.6 Å². The number of aryl methyl sites for hydroxylation is 1. The molecule has 5 rings (SSSR count). The van der Waals surface area contributed by atoms with Gasteiger partial charge in [-0.15, -0.1) is 0 Å². The Morgan fingerprint density at radius 3 is 2.68 bits per heavy atom. The van der Waals surface area contributed by atoms with Crippen molar-refractivity contribution < 1.29 is 0 Å². The van der Waals surface area contributed by atoms with E-state index in [0.29, 0.717) is 0 Å². The maximum Gasteiger partial charge on any atom is 0.162 e. The molecule has 1 saturated heterocycles. The molecule has 0 bridgehead atoms. The van der Waals surface area contributed by atoms with Crippen LogP contribution in [0.25, 0.3) is 5.65 Å². The summed E-state index contributed by atoms with van der Waals surface area (Å²) in [5.74, 6) is 1.97. The molecule has 6 heteroatoms. The van der Waals surface area contributed by atoms with Crippen LogP contribution < -0.4 is 15.5 Å². The van der Waals surface area contributed by atoms with Crippen molar-refractivity contribution >= 4 is 28.7 Å². The Balaban J connectivity index is 1.48. The number of rotatable bonds is 7. The number of nitrogens with zero attached hydrogens (tertiary/aromatic N) is 4. The number of hydrogen-bond acceptors (Lipinski definition) is 5. The zero-order valence-electron chi connectivity index (χ0n) is 18.2. The van der Waals surface area contributed by atoms with Crippen molar-refractivity contribution in [2.24, 2.45) is 0 Å². The normalized spacial score (nSPS) is 15.8. The maximum atomic E-state index is 4.98. The van der Waals surface area contributed by atoms with Crippen LogP contribution in [0.5, 0.6) is 0 Å². The number of hydrogen-bond donors (Lipinski definition) is 2. The summed E-state index contributed by atoms with van der Waals surface area (Å²) in [6, 6.07) is 10.5. The monoisotopic (exact) mass is 414 g/mol. The van der Waals surface area contributed by atoms with E-state index in [1.54, 1.807) is 0 Å². The number of anilines is 4. The van der Waals surface area contributed by atoms with Gasteiger partial charge in [0.05, 0.1) is 6.20 Å². The van der Waals surface area contributed by atoms with Gasteiger partial charge in [-0.2, -0.15) is 9.61 Å².